The van der Waals surface area contributed by atoms with Gasteiger partial charge in [0.2, 0.25) is 5.91 Å². The predicted molar refractivity (Wildman–Crippen MR) is 75.3 cm³/mol. The number of alkyl halides is 2. The highest BCUT2D eigenvalue weighted by Gasteiger charge is 2.05. The molecule has 0 heterocycles. The summed E-state index contributed by atoms with van der Waals surface area (Å²) in [7, 11) is 0. The maximum Gasteiger partial charge on any atom is 0.387 e. The zero-order valence-electron chi connectivity index (χ0n) is 11.0. The third-order valence-corrected chi connectivity index (χ3v) is 2.49. The molecule has 0 unspecified atom stereocenters. The summed E-state index contributed by atoms with van der Waals surface area (Å²) in [6.07, 6.45) is 1.68. The number of ether oxygens (including phenoxy) is 1. The first-order valence-electron chi connectivity index (χ1n) is 6.12. The van der Waals surface area contributed by atoms with Gasteiger partial charge in [0.05, 0.1) is 0 Å². The Balaban J connectivity index is 0.00000361. The van der Waals surface area contributed by atoms with Crippen molar-refractivity contribution in [2.45, 2.75) is 25.9 Å². The smallest absolute Gasteiger partial charge is 0.387 e. The predicted octanol–water partition coefficient (Wildman–Crippen LogP) is 2.11. The molecule has 7 heteroatoms. The molecule has 1 aromatic rings. The fourth-order valence-corrected chi connectivity index (χ4v) is 1.51. The second kappa shape index (κ2) is 10.4. The highest BCUT2D eigenvalue weighted by atomic mass is 35.5. The average molecular weight is 309 g/mol. The Bertz CT molecular complexity index is 388. The number of carbonyl (C=O) groups excluding carboxylic acids is 1. The molecule has 1 rings (SSSR count). The summed E-state index contributed by atoms with van der Waals surface area (Å²) in [6, 6.07) is 6.28. The molecule has 0 fully saturated rings. The van der Waals surface area contributed by atoms with Crippen molar-refractivity contribution in [3.8, 4) is 5.75 Å². The van der Waals surface area contributed by atoms with Crippen LogP contribution >= 0.6 is 12.4 Å². The van der Waals surface area contributed by atoms with E-state index in [2.05, 4.69) is 10.1 Å². The first kappa shape index (κ1) is 18.6. The normalized spacial score (nSPS) is 10.0. The number of aryl methyl sites for hydroxylation is 1. The Kier molecular flexibility index (Phi) is 9.67. The molecule has 0 spiro atoms. The molecule has 0 atom stereocenters. The number of halogens is 3. The molecule has 1 amide bonds. The average Bonchev–Trinajstić information content (AvgIpc) is 2.37. The van der Waals surface area contributed by atoms with Gasteiger partial charge in [-0.1, -0.05) is 12.1 Å². The Hall–Kier alpha value is -1.40. The topological polar surface area (TPSA) is 64.3 Å². The molecule has 0 aliphatic carbocycles. The van der Waals surface area contributed by atoms with Crippen molar-refractivity contribution in [1.82, 2.24) is 5.32 Å². The molecule has 0 aromatic heterocycles. The van der Waals surface area contributed by atoms with Crippen molar-refractivity contribution in [1.29, 1.82) is 0 Å². The number of nitrogens with one attached hydrogen (secondary N) is 1. The van der Waals surface area contributed by atoms with Crippen LogP contribution in [-0.4, -0.2) is 25.6 Å². The minimum Gasteiger partial charge on any atom is -0.435 e. The summed E-state index contributed by atoms with van der Waals surface area (Å²) >= 11 is 0. The number of nitrogens with two attached hydrogens (primary N) is 1. The van der Waals surface area contributed by atoms with E-state index in [9.17, 15) is 13.6 Å². The van der Waals surface area contributed by atoms with Crippen LogP contribution in [0.15, 0.2) is 24.3 Å². The van der Waals surface area contributed by atoms with Crippen LogP contribution in [0.25, 0.3) is 0 Å². The summed E-state index contributed by atoms with van der Waals surface area (Å²) in [5.41, 5.74) is 6.21. The van der Waals surface area contributed by atoms with Crippen LogP contribution in [0.2, 0.25) is 0 Å². The van der Waals surface area contributed by atoms with Crippen molar-refractivity contribution in [3.05, 3.63) is 29.8 Å². The zero-order valence-corrected chi connectivity index (χ0v) is 11.8. The molecule has 4 nitrogen and oxygen atoms in total. The van der Waals surface area contributed by atoms with E-state index in [1.807, 2.05) is 0 Å². The number of hydrogen-bond acceptors (Lipinski definition) is 3. The SMILES string of the molecule is Cl.NCCCNC(=O)CCc1ccc(OC(F)F)cc1. The highest BCUT2D eigenvalue weighted by molar-refractivity contribution is 5.85. The summed E-state index contributed by atoms with van der Waals surface area (Å²) in [5.74, 6) is 0.0764. The van der Waals surface area contributed by atoms with Gasteiger partial charge in [-0.25, -0.2) is 0 Å². The van der Waals surface area contributed by atoms with Crippen LogP contribution in [0.1, 0.15) is 18.4 Å². The van der Waals surface area contributed by atoms with Crippen molar-refractivity contribution < 1.29 is 18.3 Å². The second-order valence-corrected chi connectivity index (χ2v) is 4.01. The summed E-state index contributed by atoms with van der Waals surface area (Å²) in [6.45, 7) is -1.69. The molecular weight excluding hydrogens is 290 g/mol. The van der Waals surface area contributed by atoms with Crippen LogP contribution in [0.3, 0.4) is 0 Å². The molecule has 3 N–H and O–H groups in total. The fourth-order valence-electron chi connectivity index (χ4n) is 1.51. The maximum absolute atomic E-state index is 11.9. The van der Waals surface area contributed by atoms with Crippen molar-refractivity contribution >= 4 is 18.3 Å². The largest absolute Gasteiger partial charge is 0.435 e. The molecule has 0 aliphatic rings. The Morgan fingerprint density at radius 2 is 1.95 bits per heavy atom. The van der Waals surface area contributed by atoms with Crippen LogP contribution in [-0.2, 0) is 11.2 Å². The summed E-state index contributed by atoms with van der Waals surface area (Å²) in [5, 5.41) is 2.75. The molecule has 0 bridgehead atoms. The minimum absolute atomic E-state index is 0. The van der Waals surface area contributed by atoms with Gasteiger partial charge in [0, 0.05) is 13.0 Å². The van der Waals surface area contributed by atoms with Gasteiger partial charge in [0.15, 0.2) is 0 Å². The lowest BCUT2D eigenvalue weighted by molar-refractivity contribution is -0.121. The molecule has 20 heavy (non-hydrogen) atoms. The number of rotatable bonds is 8. The molecule has 0 saturated heterocycles. The quantitative estimate of drug-likeness (QED) is 0.723. The van der Waals surface area contributed by atoms with E-state index in [1.165, 1.54) is 12.1 Å². The van der Waals surface area contributed by atoms with Crippen molar-refractivity contribution in [2.75, 3.05) is 13.1 Å². The lowest BCUT2D eigenvalue weighted by Gasteiger charge is -2.06. The fraction of sp³-hybridized carbons (Fsp3) is 0.462. The highest BCUT2D eigenvalue weighted by Crippen LogP contribution is 2.15. The molecule has 0 aliphatic heterocycles. The van der Waals surface area contributed by atoms with E-state index in [4.69, 9.17) is 5.73 Å². The number of amides is 1. The summed E-state index contributed by atoms with van der Waals surface area (Å²) in [4.78, 5) is 11.4. The zero-order chi connectivity index (χ0) is 14.1. The van der Waals surface area contributed by atoms with E-state index < -0.39 is 6.61 Å². The molecule has 0 saturated carbocycles. The first-order valence-corrected chi connectivity index (χ1v) is 6.12. The van der Waals surface area contributed by atoms with Gasteiger partial charge in [-0.15, -0.1) is 12.4 Å². The van der Waals surface area contributed by atoms with E-state index in [1.54, 1.807) is 12.1 Å². The number of carbonyl (C=O) groups is 1. The molecule has 0 radical (unpaired) electrons. The van der Waals surface area contributed by atoms with E-state index >= 15 is 0 Å². The van der Waals surface area contributed by atoms with Gasteiger partial charge in [0.1, 0.15) is 5.75 Å². The van der Waals surface area contributed by atoms with Gasteiger partial charge in [0.25, 0.3) is 0 Å². The summed E-state index contributed by atoms with van der Waals surface area (Å²) < 4.78 is 28.1. The number of benzene rings is 1. The van der Waals surface area contributed by atoms with E-state index in [-0.39, 0.29) is 24.1 Å². The van der Waals surface area contributed by atoms with Gasteiger partial charge in [-0.05, 0) is 37.1 Å². The van der Waals surface area contributed by atoms with Crippen LogP contribution in [0, 0.1) is 0 Å². The standard InChI is InChI=1S/C13H18F2N2O2.ClH/c14-13(15)19-11-5-2-10(3-6-11)4-7-12(18)17-9-1-8-16;/h2-3,5-6,13H,1,4,7-9,16H2,(H,17,18);1H. The van der Waals surface area contributed by atoms with Gasteiger partial charge in [-0.2, -0.15) is 8.78 Å². The Morgan fingerprint density at radius 1 is 1.30 bits per heavy atom. The van der Waals surface area contributed by atoms with Gasteiger partial charge < -0.3 is 15.8 Å². The van der Waals surface area contributed by atoms with Crippen molar-refractivity contribution in [2.24, 2.45) is 5.73 Å². The minimum atomic E-state index is -2.82. The van der Waals surface area contributed by atoms with Crippen LogP contribution in [0.4, 0.5) is 8.78 Å². The number of hydrogen-bond donors (Lipinski definition) is 2. The molecule has 1 aromatic carbocycles. The maximum atomic E-state index is 11.9. The lowest BCUT2D eigenvalue weighted by atomic mass is 10.1. The second-order valence-electron chi connectivity index (χ2n) is 4.01. The van der Waals surface area contributed by atoms with Crippen LogP contribution < -0.4 is 15.8 Å². The van der Waals surface area contributed by atoms with E-state index in [0.29, 0.717) is 25.9 Å². The Labute approximate surface area is 123 Å². The third kappa shape index (κ3) is 7.91. The van der Waals surface area contributed by atoms with E-state index in [0.717, 1.165) is 12.0 Å². The lowest BCUT2D eigenvalue weighted by Crippen LogP contribution is -2.26. The van der Waals surface area contributed by atoms with Gasteiger partial charge in [-0.3, -0.25) is 4.79 Å². The monoisotopic (exact) mass is 308 g/mol. The Morgan fingerprint density at radius 3 is 2.50 bits per heavy atom. The molecular formula is C13H19ClF2N2O2. The van der Waals surface area contributed by atoms with Crippen LogP contribution in [0.5, 0.6) is 5.75 Å². The van der Waals surface area contributed by atoms with Crippen molar-refractivity contribution in [3.63, 3.8) is 0 Å². The third-order valence-electron chi connectivity index (χ3n) is 2.49. The molecule has 114 valence electrons. The van der Waals surface area contributed by atoms with Gasteiger partial charge >= 0.3 is 6.61 Å². The first-order chi connectivity index (χ1) is 9.11.